The van der Waals surface area contributed by atoms with Gasteiger partial charge in [0.2, 0.25) is 5.95 Å². The minimum absolute atomic E-state index is 0.366. The van der Waals surface area contributed by atoms with Gasteiger partial charge in [0.15, 0.2) is 5.82 Å². The second-order valence-corrected chi connectivity index (χ2v) is 5.75. The number of rotatable bonds is 5. The van der Waals surface area contributed by atoms with Crippen LogP contribution in [0.4, 0.5) is 8.78 Å². The number of aromatic nitrogens is 1. The normalized spacial score (nSPS) is 23.5. The van der Waals surface area contributed by atoms with E-state index in [4.69, 9.17) is 0 Å². The van der Waals surface area contributed by atoms with Crippen molar-refractivity contribution in [2.45, 2.75) is 64.2 Å². The van der Waals surface area contributed by atoms with E-state index in [2.05, 4.69) is 11.9 Å². The van der Waals surface area contributed by atoms with E-state index in [9.17, 15) is 8.78 Å². The molecule has 0 saturated heterocycles. The fourth-order valence-corrected chi connectivity index (χ4v) is 3.13. The third-order valence-electron chi connectivity index (χ3n) is 4.35. The summed E-state index contributed by atoms with van der Waals surface area (Å²) in [6, 6.07) is 1.32. The first-order chi connectivity index (χ1) is 9.20. The van der Waals surface area contributed by atoms with E-state index >= 15 is 0 Å². The Morgan fingerprint density at radius 1 is 1.16 bits per heavy atom. The predicted octanol–water partition coefficient (Wildman–Crippen LogP) is 5.21. The van der Waals surface area contributed by atoms with Gasteiger partial charge >= 0.3 is 0 Å². The van der Waals surface area contributed by atoms with Crippen molar-refractivity contribution < 1.29 is 8.78 Å². The second kappa shape index (κ2) is 6.97. The van der Waals surface area contributed by atoms with Crippen molar-refractivity contribution in [3.63, 3.8) is 0 Å². The second-order valence-electron chi connectivity index (χ2n) is 5.75. The summed E-state index contributed by atoms with van der Waals surface area (Å²) in [6.45, 7) is 2.23. The topological polar surface area (TPSA) is 12.9 Å². The summed E-state index contributed by atoms with van der Waals surface area (Å²) in [4.78, 5) is 3.49. The maximum absolute atomic E-state index is 13.2. The zero-order valence-electron chi connectivity index (χ0n) is 11.7. The minimum Gasteiger partial charge on any atom is -0.225 e. The third-order valence-corrected chi connectivity index (χ3v) is 4.35. The highest BCUT2D eigenvalue weighted by molar-refractivity contribution is 5.17. The SMILES string of the molecule is CCCCCC1CCC(c2cnc(F)c(F)c2)CC1. The number of nitrogens with zero attached hydrogens (tertiary/aromatic N) is 1. The summed E-state index contributed by atoms with van der Waals surface area (Å²) in [7, 11) is 0. The van der Waals surface area contributed by atoms with Crippen LogP contribution in [-0.4, -0.2) is 4.98 Å². The molecule has 1 aromatic rings. The number of pyridine rings is 1. The summed E-state index contributed by atoms with van der Waals surface area (Å²) >= 11 is 0. The van der Waals surface area contributed by atoms with Crippen molar-refractivity contribution >= 4 is 0 Å². The quantitative estimate of drug-likeness (QED) is 0.527. The van der Waals surface area contributed by atoms with E-state index in [-0.39, 0.29) is 0 Å². The van der Waals surface area contributed by atoms with Gasteiger partial charge in [-0.05, 0) is 49.1 Å². The van der Waals surface area contributed by atoms with Crippen molar-refractivity contribution in [1.29, 1.82) is 0 Å². The first kappa shape index (κ1) is 14.4. The fraction of sp³-hybridized carbons (Fsp3) is 0.688. The first-order valence-corrected chi connectivity index (χ1v) is 7.51. The van der Waals surface area contributed by atoms with Gasteiger partial charge in [-0.1, -0.05) is 32.6 Å². The van der Waals surface area contributed by atoms with Crippen molar-refractivity contribution in [2.75, 3.05) is 0 Å². The maximum atomic E-state index is 13.2. The van der Waals surface area contributed by atoms with Crippen LogP contribution < -0.4 is 0 Å². The number of unbranched alkanes of at least 4 members (excludes halogenated alkanes) is 2. The molecule has 0 unspecified atom stereocenters. The Bertz CT molecular complexity index is 398. The van der Waals surface area contributed by atoms with Crippen LogP contribution in [0.2, 0.25) is 0 Å². The molecule has 2 rings (SSSR count). The van der Waals surface area contributed by atoms with Crippen molar-refractivity contribution in [2.24, 2.45) is 5.92 Å². The smallest absolute Gasteiger partial charge is 0.225 e. The summed E-state index contributed by atoms with van der Waals surface area (Å²) < 4.78 is 26.0. The molecule has 0 aromatic carbocycles. The van der Waals surface area contributed by atoms with Crippen LogP contribution in [0.25, 0.3) is 0 Å². The molecule has 1 nitrogen and oxygen atoms in total. The lowest BCUT2D eigenvalue weighted by Crippen LogP contribution is -2.14. The van der Waals surface area contributed by atoms with Crippen LogP contribution in [0.3, 0.4) is 0 Å². The monoisotopic (exact) mass is 267 g/mol. The van der Waals surface area contributed by atoms with Gasteiger partial charge in [0.05, 0.1) is 0 Å². The average molecular weight is 267 g/mol. The molecular formula is C16H23F2N. The van der Waals surface area contributed by atoms with Gasteiger partial charge < -0.3 is 0 Å². The summed E-state index contributed by atoms with van der Waals surface area (Å²) in [5.74, 6) is -0.606. The van der Waals surface area contributed by atoms with Crippen LogP contribution in [0.15, 0.2) is 12.3 Å². The molecule has 0 atom stereocenters. The van der Waals surface area contributed by atoms with E-state index in [0.29, 0.717) is 5.92 Å². The van der Waals surface area contributed by atoms with Gasteiger partial charge in [-0.3, -0.25) is 0 Å². The lowest BCUT2D eigenvalue weighted by Gasteiger charge is -2.28. The van der Waals surface area contributed by atoms with Crippen LogP contribution >= 0.6 is 0 Å². The fourth-order valence-electron chi connectivity index (χ4n) is 3.13. The van der Waals surface area contributed by atoms with Crippen LogP contribution in [0.1, 0.15) is 69.8 Å². The number of hydrogen-bond acceptors (Lipinski definition) is 1. The molecule has 1 saturated carbocycles. The van der Waals surface area contributed by atoms with Crippen LogP contribution in [-0.2, 0) is 0 Å². The van der Waals surface area contributed by atoms with E-state index in [1.165, 1.54) is 50.8 Å². The highest BCUT2D eigenvalue weighted by Gasteiger charge is 2.23. The lowest BCUT2D eigenvalue weighted by atomic mass is 9.77. The number of hydrogen-bond donors (Lipinski definition) is 0. The molecule has 0 amide bonds. The van der Waals surface area contributed by atoms with E-state index in [1.807, 2.05) is 0 Å². The Morgan fingerprint density at radius 2 is 1.89 bits per heavy atom. The number of halogens is 2. The molecule has 1 aliphatic carbocycles. The van der Waals surface area contributed by atoms with Crippen LogP contribution in [0.5, 0.6) is 0 Å². The van der Waals surface area contributed by atoms with Crippen molar-refractivity contribution in [1.82, 2.24) is 4.98 Å². The third kappa shape index (κ3) is 3.99. The Labute approximate surface area is 114 Å². The van der Waals surface area contributed by atoms with Gasteiger partial charge in [0, 0.05) is 6.20 Å². The molecule has 0 radical (unpaired) electrons. The average Bonchev–Trinajstić information content (AvgIpc) is 2.43. The summed E-state index contributed by atoms with van der Waals surface area (Å²) in [5, 5.41) is 0. The highest BCUT2D eigenvalue weighted by Crippen LogP contribution is 2.37. The van der Waals surface area contributed by atoms with Gasteiger partial charge in [-0.25, -0.2) is 9.37 Å². The molecule has 0 N–H and O–H groups in total. The Hall–Kier alpha value is -0.990. The summed E-state index contributed by atoms with van der Waals surface area (Å²) in [5.41, 5.74) is 0.867. The summed E-state index contributed by atoms with van der Waals surface area (Å²) in [6.07, 6.45) is 11.4. The van der Waals surface area contributed by atoms with E-state index in [0.717, 1.165) is 24.3 Å². The molecule has 1 fully saturated rings. The molecule has 1 aromatic heterocycles. The Kier molecular flexibility index (Phi) is 5.29. The first-order valence-electron chi connectivity index (χ1n) is 7.51. The van der Waals surface area contributed by atoms with Gasteiger partial charge in [-0.15, -0.1) is 0 Å². The van der Waals surface area contributed by atoms with Crippen molar-refractivity contribution in [3.8, 4) is 0 Å². The molecule has 0 spiro atoms. The lowest BCUT2D eigenvalue weighted by molar-refractivity contribution is 0.301. The minimum atomic E-state index is -0.989. The van der Waals surface area contributed by atoms with Crippen LogP contribution in [0, 0.1) is 17.7 Å². The molecule has 3 heteroatoms. The molecule has 0 bridgehead atoms. The van der Waals surface area contributed by atoms with E-state index in [1.54, 1.807) is 0 Å². The van der Waals surface area contributed by atoms with Gasteiger partial charge in [0.1, 0.15) is 0 Å². The molecular weight excluding hydrogens is 244 g/mol. The predicted molar refractivity (Wildman–Crippen MR) is 73.0 cm³/mol. The van der Waals surface area contributed by atoms with E-state index < -0.39 is 11.8 Å². The highest BCUT2D eigenvalue weighted by atomic mass is 19.2. The molecule has 0 aliphatic heterocycles. The maximum Gasteiger partial charge on any atom is 0.248 e. The van der Waals surface area contributed by atoms with Gasteiger partial charge in [-0.2, -0.15) is 4.39 Å². The molecule has 1 heterocycles. The van der Waals surface area contributed by atoms with Crippen molar-refractivity contribution in [3.05, 3.63) is 29.6 Å². The standard InChI is InChI=1S/C16H23F2N/c1-2-3-4-5-12-6-8-13(9-7-12)14-10-15(17)16(18)19-11-14/h10-13H,2-9H2,1H3. The Balaban J connectivity index is 1.84. The molecule has 19 heavy (non-hydrogen) atoms. The molecule has 1 aliphatic rings. The largest absolute Gasteiger partial charge is 0.248 e. The Morgan fingerprint density at radius 3 is 2.53 bits per heavy atom. The zero-order valence-corrected chi connectivity index (χ0v) is 11.7. The van der Waals surface area contributed by atoms with Gasteiger partial charge in [0.25, 0.3) is 0 Å². The zero-order chi connectivity index (χ0) is 13.7. The molecule has 106 valence electrons.